The Balaban J connectivity index is 2.16. The van der Waals surface area contributed by atoms with E-state index in [2.05, 4.69) is 15.3 Å². The summed E-state index contributed by atoms with van der Waals surface area (Å²) in [4.78, 5) is 19.5. The molecule has 0 spiro atoms. The summed E-state index contributed by atoms with van der Waals surface area (Å²) in [5, 5.41) is 12.5. The molecule has 0 unspecified atom stereocenters. The zero-order valence-electron chi connectivity index (χ0n) is 11.4. The molecular formula is C14H21N3O2. The van der Waals surface area contributed by atoms with Crippen LogP contribution < -0.4 is 5.32 Å². The van der Waals surface area contributed by atoms with Gasteiger partial charge in [-0.2, -0.15) is 0 Å². The second-order valence-electron chi connectivity index (χ2n) is 5.28. The van der Waals surface area contributed by atoms with Crippen LogP contribution in [-0.4, -0.2) is 26.6 Å². The summed E-state index contributed by atoms with van der Waals surface area (Å²) in [6, 6.07) is 1.91. The number of rotatable bonds is 5. The van der Waals surface area contributed by atoms with E-state index >= 15 is 0 Å². The predicted octanol–water partition coefficient (Wildman–Crippen LogP) is 2.63. The van der Waals surface area contributed by atoms with Gasteiger partial charge in [-0.15, -0.1) is 0 Å². The summed E-state index contributed by atoms with van der Waals surface area (Å²) in [5.41, 5.74) is 0.627. The van der Waals surface area contributed by atoms with E-state index in [0.717, 1.165) is 43.6 Å². The minimum atomic E-state index is -0.751. The number of hydrogen-bond donors (Lipinski definition) is 2. The van der Waals surface area contributed by atoms with E-state index in [9.17, 15) is 4.79 Å². The van der Waals surface area contributed by atoms with Crippen LogP contribution in [0.25, 0.3) is 0 Å². The van der Waals surface area contributed by atoms with Crippen LogP contribution in [-0.2, 0) is 11.2 Å². The van der Waals surface area contributed by atoms with Crippen molar-refractivity contribution in [2.45, 2.75) is 57.4 Å². The van der Waals surface area contributed by atoms with Crippen molar-refractivity contribution in [1.29, 1.82) is 0 Å². The molecule has 19 heavy (non-hydrogen) atoms. The maximum absolute atomic E-state index is 11.1. The molecule has 104 valence electrons. The van der Waals surface area contributed by atoms with E-state index in [4.69, 9.17) is 5.11 Å². The molecule has 1 aliphatic carbocycles. The van der Waals surface area contributed by atoms with Crippen molar-refractivity contribution in [2.75, 3.05) is 5.32 Å². The Morgan fingerprint density at radius 3 is 2.74 bits per heavy atom. The topological polar surface area (TPSA) is 75.1 Å². The number of aryl methyl sites for hydroxylation is 1. The van der Waals surface area contributed by atoms with Crippen molar-refractivity contribution in [3.63, 3.8) is 0 Å². The number of aliphatic carboxylic acids is 1. The lowest BCUT2D eigenvalue weighted by Crippen LogP contribution is -2.42. The molecule has 1 aliphatic rings. The van der Waals surface area contributed by atoms with Gasteiger partial charge in [0.2, 0.25) is 0 Å². The van der Waals surface area contributed by atoms with Crippen LogP contribution in [0.15, 0.2) is 12.4 Å². The highest BCUT2D eigenvalue weighted by Crippen LogP contribution is 2.34. The van der Waals surface area contributed by atoms with Crippen molar-refractivity contribution in [3.05, 3.63) is 18.1 Å². The molecule has 1 heterocycles. The van der Waals surface area contributed by atoms with E-state index < -0.39 is 5.97 Å². The summed E-state index contributed by atoms with van der Waals surface area (Å²) >= 11 is 0. The number of carbonyl (C=O) groups is 1. The van der Waals surface area contributed by atoms with Gasteiger partial charge in [-0.25, -0.2) is 9.97 Å². The highest BCUT2D eigenvalue weighted by Gasteiger charge is 2.34. The first-order valence-corrected chi connectivity index (χ1v) is 6.94. The fraction of sp³-hybridized carbons (Fsp3) is 0.643. The zero-order valence-corrected chi connectivity index (χ0v) is 11.4. The maximum atomic E-state index is 11.1. The van der Waals surface area contributed by atoms with Crippen LogP contribution in [0.3, 0.4) is 0 Å². The Hall–Kier alpha value is -1.65. The molecule has 1 aromatic heterocycles. The molecule has 2 rings (SSSR count). The molecule has 1 saturated carbocycles. The molecule has 2 N–H and O–H groups in total. The van der Waals surface area contributed by atoms with Gasteiger partial charge in [0.05, 0.1) is 6.42 Å². The minimum Gasteiger partial charge on any atom is -0.481 e. The third kappa shape index (κ3) is 3.66. The van der Waals surface area contributed by atoms with Gasteiger partial charge in [0.25, 0.3) is 0 Å². The van der Waals surface area contributed by atoms with Crippen LogP contribution in [0.4, 0.5) is 5.82 Å². The quantitative estimate of drug-likeness (QED) is 0.854. The van der Waals surface area contributed by atoms with Crippen LogP contribution in [0.2, 0.25) is 0 Å². The Morgan fingerprint density at radius 2 is 2.11 bits per heavy atom. The van der Waals surface area contributed by atoms with Gasteiger partial charge in [0.15, 0.2) is 0 Å². The summed E-state index contributed by atoms with van der Waals surface area (Å²) in [5.74, 6) is -0.00540. The van der Waals surface area contributed by atoms with Gasteiger partial charge in [0, 0.05) is 17.3 Å². The summed E-state index contributed by atoms with van der Waals surface area (Å²) in [6.45, 7) is 2.04. The molecule has 0 atom stereocenters. The van der Waals surface area contributed by atoms with Gasteiger partial charge in [-0.05, 0) is 19.3 Å². The molecular weight excluding hydrogens is 242 g/mol. The van der Waals surface area contributed by atoms with E-state index in [1.54, 1.807) is 6.33 Å². The Labute approximate surface area is 113 Å². The van der Waals surface area contributed by atoms with E-state index in [0.29, 0.717) is 0 Å². The number of aromatic nitrogens is 2. The highest BCUT2D eigenvalue weighted by atomic mass is 16.4. The van der Waals surface area contributed by atoms with Gasteiger partial charge in [0.1, 0.15) is 12.1 Å². The maximum Gasteiger partial charge on any atom is 0.305 e. The third-order valence-corrected chi connectivity index (χ3v) is 3.78. The van der Waals surface area contributed by atoms with Crippen LogP contribution in [0.5, 0.6) is 0 Å². The molecule has 0 radical (unpaired) electrons. The first-order chi connectivity index (χ1) is 9.13. The second-order valence-corrected chi connectivity index (χ2v) is 5.28. The average Bonchev–Trinajstić information content (AvgIpc) is 2.39. The van der Waals surface area contributed by atoms with E-state index in [-0.39, 0.29) is 12.0 Å². The number of anilines is 1. The van der Waals surface area contributed by atoms with Crippen LogP contribution >= 0.6 is 0 Å². The van der Waals surface area contributed by atoms with Crippen molar-refractivity contribution in [3.8, 4) is 0 Å². The standard InChI is InChI=1S/C14H21N3O2/c1-2-11-8-12(16-10-15-11)17-14(9-13(18)19)6-4-3-5-7-14/h8,10H,2-7,9H2,1H3,(H,18,19)(H,15,16,17). The fourth-order valence-corrected chi connectivity index (χ4v) is 2.79. The first-order valence-electron chi connectivity index (χ1n) is 6.94. The fourth-order valence-electron chi connectivity index (χ4n) is 2.79. The first kappa shape index (κ1) is 13.8. The molecule has 5 nitrogen and oxygen atoms in total. The number of nitrogens with one attached hydrogen (secondary N) is 1. The third-order valence-electron chi connectivity index (χ3n) is 3.78. The van der Waals surface area contributed by atoms with Crippen LogP contribution in [0, 0.1) is 0 Å². The smallest absolute Gasteiger partial charge is 0.305 e. The molecule has 0 saturated heterocycles. The number of carboxylic acid groups (broad SMARTS) is 1. The summed E-state index contributed by atoms with van der Waals surface area (Å²) in [7, 11) is 0. The largest absolute Gasteiger partial charge is 0.481 e. The van der Waals surface area contributed by atoms with E-state index in [1.165, 1.54) is 6.42 Å². The molecule has 0 amide bonds. The van der Waals surface area contributed by atoms with Crippen LogP contribution in [0.1, 0.15) is 51.1 Å². The Bertz CT molecular complexity index is 442. The summed E-state index contributed by atoms with van der Waals surface area (Å²) < 4.78 is 0. The SMILES string of the molecule is CCc1cc(NC2(CC(=O)O)CCCCC2)ncn1. The number of hydrogen-bond acceptors (Lipinski definition) is 4. The van der Waals surface area contributed by atoms with Crippen molar-refractivity contribution in [2.24, 2.45) is 0 Å². The van der Waals surface area contributed by atoms with Gasteiger partial charge < -0.3 is 10.4 Å². The minimum absolute atomic E-state index is 0.151. The Kier molecular flexibility index (Phi) is 4.35. The predicted molar refractivity (Wildman–Crippen MR) is 73.1 cm³/mol. The van der Waals surface area contributed by atoms with Crippen molar-refractivity contribution >= 4 is 11.8 Å². The monoisotopic (exact) mass is 263 g/mol. The molecule has 0 bridgehead atoms. The second kappa shape index (κ2) is 5.99. The van der Waals surface area contributed by atoms with Gasteiger partial charge in [-0.1, -0.05) is 26.2 Å². The molecule has 0 aliphatic heterocycles. The Morgan fingerprint density at radius 1 is 1.37 bits per heavy atom. The lowest BCUT2D eigenvalue weighted by Gasteiger charge is -2.37. The van der Waals surface area contributed by atoms with Gasteiger partial charge >= 0.3 is 5.97 Å². The average molecular weight is 263 g/mol. The normalized spacial score (nSPS) is 17.9. The lowest BCUT2D eigenvalue weighted by molar-refractivity contribution is -0.138. The number of carboxylic acids is 1. The molecule has 5 heteroatoms. The lowest BCUT2D eigenvalue weighted by atomic mass is 9.79. The zero-order chi connectivity index (χ0) is 13.7. The highest BCUT2D eigenvalue weighted by molar-refractivity contribution is 5.69. The summed E-state index contributed by atoms with van der Waals surface area (Å²) in [6.07, 6.45) is 7.67. The van der Waals surface area contributed by atoms with Crippen molar-refractivity contribution in [1.82, 2.24) is 9.97 Å². The van der Waals surface area contributed by atoms with E-state index in [1.807, 2.05) is 13.0 Å². The molecule has 1 fully saturated rings. The molecule has 1 aromatic rings. The van der Waals surface area contributed by atoms with Gasteiger partial charge in [-0.3, -0.25) is 4.79 Å². The number of nitrogens with zero attached hydrogens (tertiary/aromatic N) is 2. The molecule has 0 aromatic carbocycles. The van der Waals surface area contributed by atoms with Crippen molar-refractivity contribution < 1.29 is 9.90 Å².